The number of nitrogens with zero attached hydrogens (tertiary/aromatic N) is 2. The molecule has 3 rings (SSSR count). The highest BCUT2D eigenvalue weighted by Crippen LogP contribution is 2.28. The maximum atomic E-state index is 12.9. The molecule has 5 heteroatoms. The van der Waals surface area contributed by atoms with Crippen molar-refractivity contribution >= 4 is 5.91 Å². The summed E-state index contributed by atoms with van der Waals surface area (Å²) < 4.78 is 11.2. The van der Waals surface area contributed by atoms with E-state index in [1.54, 1.807) is 0 Å². The molecule has 2 unspecified atom stereocenters. The molecular weight excluding hydrogens is 316 g/mol. The Bertz CT molecular complexity index is 762. The summed E-state index contributed by atoms with van der Waals surface area (Å²) in [7, 11) is 0. The summed E-state index contributed by atoms with van der Waals surface area (Å²) in [6.07, 6.45) is 0.245. The fourth-order valence-corrected chi connectivity index (χ4v) is 3.41. The van der Waals surface area contributed by atoms with Gasteiger partial charge in [-0.1, -0.05) is 28.9 Å². The van der Waals surface area contributed by atoms with Crippen LogP contribution in [0, 0.1) is 27.7 Å². The van der Waals surface area contributed by atoms with Crippen molar-refractivity contribution in [1.29, 1.82) is 0 Å². The molecule has 0 saturated carbocycles. The summed E-state index contributed by atoms with van der Waals surface area (Å²) in [6, 6.07) is 6.44. The Labute approximate surface area is 148 Å². The van der Waals surface area contributed by atoms with Crippen LogP contribution in [0.5, 0.6) is 0 Å². The van der Waals surface area contributed by atoms with Gasteiger partial charge in [-0.2, -0.15) is 0 Å². The van der Waals surface area contributed by atoms with E-state index in [4.69, 9.17) is 9.26 Å². The van der Waals surface area contributed by atoms with Gasteiger partial charge in [0.15, 0.2) is 0 Å². The Hall–Kier alpha value is -2.14. The molecule has 1 aliphatic rings. The largest absolute Gasteiger partial charge is 0.370 e. The topological polar surface area (TPSA) is 55.6 Å². The second kappa shape index (κ2) is 7.00. The zero-order chi connectivity index (χ0) is 18.1. The van der Waals surface area contributed by atoms with Crippen LogP contribution < -0.4 is 0 Å². The van der Waals surface area contributed by atoms with Crippen molar-refractivity contribution in [3.63, 3.8) is 0 Å². The van der Waals surface area contributed by atoms with E-state index in [-0.39, 0.29) is 18.1 Å². The Morgan fingerprint density at radius 3 is 2.72 bits per heavy atom. The van der Waals surface area contributed by atoms with Gasteiger partial charge in [0.25, 0.3) is 0 Å². The molecule has 134 valence electrons. The Morgan fingerprint density at radius 1 is 1.28 bits per heavy atom. The smallest absolute Gasteiger partial charge is 0.227 e. The monoisotopic (exact) mass is 342 g/mol. The maximum absolute atomic E-state index is 12.9. The van der Waals surface area contributed by atoms with Gasteiger partial charge in [-0.3, -0.25) is 4.79 Å². The molecule has 5 nitrogen and oxygen atoms in total. The van der Waals surface area contributed by atoms with Crippen LogP contribution >= 0.6 is 0 Å². The lowest BCUT2D eigenvalue weighted by atomic mass is 9.98. The van der Waals surface area contributed by atoms with Crippen LogP contribution in [0.1, 0.15) is 46.7 Å². The molecule has 2 atom stereocenters. The van der Waals surface area contributed by atoms with Crippen LogP contribution in [-0.4, -0.2) is 35.2 Å². The minimum absolute atomic E-state index is 0.0642. The molecule has 2 heterocycles. The standard InChI is InChI=1S/C20H26N2O3/c1-12-6-7-13(2)17(8-12)19-10-22(14(3)11-24-19)20(23)9-18-15(4)21-25-16(18)5/h6-8,14,19H,9-11H2,1-5H3. The number of hydrogen-bond acceptors (Lipinski definition) is 4. The normalized spacial score (nSPS) is 20.8. The number of aryl methyl sites for hydroxylation is 4. The van der Waals surface area contributed by atoms with Gasteiger partial charge in [-0.15, -0.1) is 0 Å². The van der Waals surface area contributed by atoms with Crippen molar-refractivity contribution in [2.45, 2.75) is 53.2 Å². The van der Waals surface area contributed by atoms with Gasteiger partial charge in [0.05, 0.1) is 31.3 Å². The van der Waals surface area contributed by atoms with Crippen LogP contribution in [-0.2, 0) is 16.0 Å². The summed E-state index contributed by atoms with van der Waals surface area (Å²) in [5.41, 5.74) is 5.26. The number of aromatic nitrogens is 1. The lowest BCUT2D eigenvalue weighted by Gasteiger charge is -2.38. The summed E-state index contributed by atoms with van der Waals surface area (Å²) in [6.45, 7) is 11.1. The number of hydrogen-bond donors (Lipinski definition) is 0. The van der Waals surface area contributed by atoms with Gasteiger partial charge in [-0.25, -0.2) is 0 Å². The fourth-order valence-electron chi connectivity index (χ4n) is 3.41. The van der Waals surface area contributed by atoms with E-state index in [9.17, 15) is 4.79 Å². The second-order valence-electron chi connectivity index (χ2n) is 7.06. The van der Waals surface area contributed by atoms with Crippen molar-refractivity contribution in [2.24, 2.45) is 0 Å². The van der Waals surface area contributed by atoms with Crippen molar-refractivity contribution in [3.05, 3.63) is 51.9 Å². The van der Waals surface area contributed by atoms with Crippen LogP contribution in [0.2, 0.25) is 0 Å². The van der Waals surface area contributed by atoms with Crippen LogP contribution in [0.25, 0.3) is 0 Å². The first kappa shape index (κ1) is 17.7. The average Bonchev–Trinajstić information content (AvgIpc) is 2.89. The molecule has 1 aliphatic heterocycles. The second-order valence-corrected chi connectivity index (χ2v) is 7.06. The summed E-state index contributed by atoms with van der Waals surface area (Å²) in [5, 5.41) is 3.95. The Morgan fingerprint density at radius 2 is 2.04 bits per heavy atom. The van der Waals surface area contributed by atoms with E-state index >= 15 is 0 Å². The highest BCUT2D eigenvalue weighted by atomic mass is 16.5. The van der Waals surface area contributed by atoms with Crippen molar-refractivity contribution < 1.29 is 14.1 Å². The van der Waals surface area contributed by atoms with E-state index in [0.717, 1.165) is 17.0 Å². The van der Waals surface area contributed by atoms with Gasteiger partial charge in [0, 0.05) is 5.56 Å². The minimum Gasteiger partial charge on any atom is -0.370 e. The SMILES string of the molecule is Cc1ccc(C)c(C2CN(C(=O)Cc3c(C)noc3C)C(C)CO2)c1. The van der Waals surface area contributed by atoms with E-state index in [1.165, 1.54) is 16.7 Å². The minimum atomic E-state index is -0.0790. The molecule has 1 aromatic carbocycles. The van der Waals surface area contributed by atoms with E-state index in [1.807, 2.05) is 25.7 Å². The number of benzene rings is 1. The predicted molar refractivity (Wildman–Crippen MR) is 95.5 cm³/mol. The molecule has 0 aliphatic carbocycles. The Kier molecular flexibility index (Phi) is 4.95. The number of ether oxygens (including phenoxy) is 1. The molecule has 1 saturated heterocycles. The zero-order valence-corrected chi connectivity index (χ0v) is 15.6. The summed E-state index contributed by atoms with van der Waals surface area (Å²) in [5.74, 6) is 0.818. The van der Waals surface area contributed by atoms with Crippen molar-refractivity contribution in [3.8, 4) is 0 Å². The molecule has 25 heavy (non-hydrogen) atoms. The van der Waals surface area contributed by atoms with Gasteiger partial charge in [-0.05, 0) is 45.7 Å². The summed E-state index contributed by atoms with van der Waals surface area (Å²) in [4.78, 5) is 14.8. The number of morpholine rings is 1. The molecule has 0 bridgehead atoms. The first-order valence-electron chi connectivity index (χ1n) is 8.76. The van der Waals surface area contributed by atoms with Crippen LogP contribution in [0.4, 0.5) is 0 Å². The number of amides is 1. The molecule has 0 N–H and O–H groups in total. The van der Waals surface area contributed by atoms with Gasteiger partial charge < -0.3 is 14.2 Å². The molecule has 1 fully saturated rings. The van der Waals surface area contributed by atoms with Crippen LogP contribution in [0.3, 0.4) is 0 Å². The van der Waals surface area contributed by atoms with Gasteiger partial charge in [0.1, 0.15) is 11.9 Å². The average molecular weight is 342 g/mol. The molecule has 1 amide bonds. The van der Waals surface area contributed by atoms with Crippen molar-refractivity contribution in [1.82, 2.24) is 10.1 Å². The third kappa shape index (κ3) is 3.61. The first-order chi connectivity index (χ1) is 11.9. The highest BCUT2D eigenvalue weighted by Gasteiger charge is 2.31. The van der Waals surface area contributed by atoms with Crippen LogP contribution in [0.15, 0.2) is 22.7 Å². The zero-order valence-electron chi connectivity index (χ0n) is 15.6. The lowest BCUT2D eigenvalue weighted by Crippen LogP contribution is -2.49. The van der Waals surface area contributed by atoms with Crippen molar-refractivity contribution in [2.75, 3.05) is 13.2 Å². The summed E-state index contributed by atoms with van der Waals surface area (Å²) >= 11 is 0. The highest BCUT2D eigenvalue weighted by molar-refractivity contribution is 5.79. The van der Waals surface area contributed by atoms with E-state index < -0.39 is 0 Å². The number of carbonyl (C=O) groups is 1. The molecular formula is C20H26N2O3. The molecule has 0 radical (unpaired) electrons. The third-order valence-corrected chi connectivity index (χ3v) is 5.04. The first-order valence-corrected chi connectivity index (χ1v) is 8.76. The quantitative estimate of drug-likeness (QED) is 0.857. The third-order valence-electron chi connectivity index (χ3n) is 5.04. The van der Waals surface area contributed by atoms with Gasteiger partial charge >= 0.3 is 0 Å². The Balaban J connectivity index is 1.78. The van der Waals surface area contributed by atoms with E-state index in [2.05, 4.69) is 37.2 Å². The molecule has 1 aromatic heterocycles. The molecule has 0 spiro atoms. The number of carbonyl (C=O) groups excluding carboxylic acids is 1. The fraction of sp³-hybridized carbons (Fsp3) is 0.500. The maximum Gasteiger partial charge on any atom is 0.227 e. The van der Waals surface area contributed by atoms with E-state index in [0.29, 0.717) is 19.6 Å². The lowest BCUT2D eigenvalue weighted by molar-refractivity contribution is -0.143. The predicted octanol–water partition coefficient (Wildman–Crippen LogP) is 3.44. The van der Waals surface area contributed by atoms with Gasteiger partial charge in [0.2, 0.25) is 5.91 Å². The number of rotatable bonds is 3. The molecule has 2 aromatic rings.